The zero-order chi connectivity index (χ0) is 28.0. The van der Waals surface area contributed by atoms with Crippen LogP contribution in [0.3, 0.4) is 0 Å². The van der Waals surface area contributed by atoms with Gasteiger partial charge in [0, 0.05) is 23.8 Å². The summed E-state index contributed by atoms with van der Waals surface area (Å²) >= 11 is 0. The molecule has 0 N–H and O–H groups in total. The molecule has 5 heterocycles. The summed E-state index contributed by atoms with van der Waals surface area (Å²) in [4.78, 5) is 4.44. The fourth-order valence-electron chi connectivity index (χ4n) is 7.91. The molecular weight excluding hydrogens is 518 g/mol. The average Bonchev–Trinajstić information content (AvgIpc) is 3.60. The van der Waals surface area contributed by atoms with Crippen molar-refractivity contribution in [3.63, 3.8) is 0 Å². The number of anilines is 3. The van der Waals surface area contributed by atoms with E-state index in [4.69, 9.17) is 0 Å². The van der Waals surface area contributed by atoms with Crippen molar-refractivity contribution >= 4 is 78.5 Å². The first-order valence-electron chi connectivity index (χ1n) is 14.3. The second-order valence-corrected chi connectivity index (χ2v) is 11.9. The van der Waals surface area contributed by atoms with Crippen LogP contribution in [-0.2, 0) is 0 Å². The Kier molecular flexibility index (Phi) is 3.93. The van der Waals surface area contributed by atoms with E-state index in [-0.39, 0.29) is 12.5 Å². The highest BCUT2D eigenvalue weighted by atomic mass is 19.1. The SMILES string of the molecule is C=C(C)/C=C1\N(C)c2cccc3c2N1c1cc(F)cc2c1B3c1cccc3c1n-2c1cc2cc4ccccc4cc2n31. The molecule has 0 unspecified atom stereocenters. The number of fused-ring (bicyclic) bond motifs is 10. The van der Waals surface area contributed by atoms with Crippen molar-refractivity contribution in [3.8, 4) is 5.69 Å². The number of hydrogen-bond donors (Lipinski definition) is 0. The van der Waals surface area contributed by atoms with Gasteiger partial charge < -0.3 is 4.90 Å². The van der Waals surface area contributed by atoms with Gasteiger partial charge in [-0.25, -0.2) is 4.39 Å². The van der Waals surface area contributed by atoms with Crippen LogP contribution in [0, 0.1) is 5.82 Å². The number of imidazole rings is 1. The van der Waals surface area contributed by atoms with Crippen LogP contribution in [0.25, 0.3) is 44.0 Å². The molecule has 10 rings (SSSR count). The number of aromatic nitrogens is 2. The van der Waals surface area contributed by atoms with Crippen LogP contribution in [0.15, 0.2) is 115 Å². The Labute approximate surface area is 241 Å². The molecule has 5 aromatic carbocycles. The van der Waals surface area contributed by atoms with Crippen LogP contribution < -0.4 is 26.2 Å². The van der Waals surface area contributed by atoms with Gasteiger partial charge in [0.25, 0.3) is 6.71 Å². The molecule has 0 amide bonds. The maximum Gasteiger partial charge on any atom is 0.252 e. The van der Waals surface area contributed by atoms with Crippen LogP contribution in [0.5, 0.6) is 0 Å². The average molecular weight is 542 g/mol. The van der Waals surface area contributed by atoms with Crippen molar-refractivity contribution in [2.24, 2.45) is 0 Å². The number of hydrogen-bond acceptors (Lipinski definition) is 2. The summed E-state index contributed by atoms with van der Waals surface area (Å²) in [6.45, 7) is 6.16. The lowest BCUT2D eigenvalue weighted by Crippen LogP contribution is -2.60. The number of halogens is 1. The van der Waals surface area contributed by atoms with E-state index >= 15 is 4.39 Å². The van der Waals surface area contributed by atoms with Crippen molar-refractivity contribution in [1.82, 2.24) is 8.97 Å². The third-order valence-electron chi connectivity index (χ3n) is 9.46. The largest absolute Gasteiger partial charge is 0.329 e. The molecule has 3 aliphatic heterocycles. The first kappa shape index (κ1) is 22.5. The molecule has 0 aliphatic carbocycles. The fourth-order valence-corrected chi connectivity index (χ4v) is 7.91. The molecule has 0 spiro atoms. The van der Waals surface area contributed by atoms with Crippen molar-refractivity contribution < 1.29 is 4.39 Å². The zero-order valence-electron chi connectivity index (χ0n) is 23.2. The molecule has 42 heavy (non-hydrogen) atoms. The number of para-hydroxylation sites is 2. The van der Waals surface area contributed by atoms with Gasteiger partial charge in [-0.05, 0) is 82.6 Å². The summed E-state index contributed by atoms with van der Waals surface area (Å²) < 4.78 is 20.5. The summed E-state index contributed by atoms with van der Waals surface area (Å²) in [5.41, 5.74) is 13.1. The Bertz CT molecular complexity index is 2450. The Morgan fingerprint density at radius 2 is 1.55 bits per heavy atom. The number of benzene rings is 5. The lowest BCUT2D eigenvalue weighted by molar-refractivity contribution is 0.627. The molecule has 0 atom stereocenters. The standard InChI is InChI=1S/C36H24BFN4/c1-20(2)14-32-39(3)27-12-6-10-25-35(27)41(32)30-18-24(38)19-31-34(30)37(25)26-11-7-13-28-36(26)42(31)33-17-23-15-21-8-4-5-9-22(21)16-29(23)40(28)33/h4-19H,1H2,2-3H3/b32-14+. The normalized spacial score (nSPS) is 15.5. The Hall–Kier alpha value is -5.23. The molecular formula is C36H24BFN4. The monoisotopic (exact) mass is 542 g/mol. The third-order valence-corrected chi connectivity index (χ3v) is 9.46. The smallest absolute Gasteiger partial charge is 0.252 e. The van der Waals surface area contributed by atoms with E-state index in [9.17, 15) is 0 Å². The highest BCUT2D eigenvalue weighted by molar-refractivity contribution is 7.00. The highest BCUT2D eigenvalue weighted by Gasteiger charge is 2.46. The predicted molar refractivity (Wildman–Crippen MR) is 174 cm³/mol. The Morgan fingerprint density at radius 1 is 0.786 bits per heavy atom. The van der Waals surface area contributed by atoms with Crippen LogP contribution in [-0.4, -0.2) is 22.7 Å². The van der Waals surface area contributed by atoms with Crippen LogP contribution >= 0.6 is 0 Å². The van der Waals surface area contributed by atoms with Gasteiger partial charge >= 0.3 is 0 Å². The molecule has 3 aliphatic rings. The van der Waals surface area contributed by atoms with Crippen LogP contribution in [0.1, 0.15) is 6.92 Å². The molecule has 198 valence electrons. The maximum atomic E-state index is 15.8. The molecule has 4 nitrogen and oxygen atoms in total. The van der Waals surface area contributed by atoms with Crippen molar-refractivity contribution in [2.75, 3.05) is 16.8 Å². The van der Waals surface area contributed by atoms with Crippen LogP contribution in [0.4, 0.5) is 21.5 Å². The van der Waals surface area contributed by atoms with Gasteiger partial charge in [-0.1, -0.05) is 60.7 Å². The molecule has 2 aromatic heterocycles. The van der Waals surface area contributed by atoms with Gasteiger partial charge in [0.15, 0.2) is 0 Å². The van der Waals surface area contributed by atoms with Crippen molar-refractivity contribution in [1.29, 1.82) is 0 Å². The van der Waals surface area contributed by atoms with Gasteiger partial charge in [0.05, 0.1) is 27.9 Å². The van der Waals surface area contributed by atoms with Gasteiger partial charge in [-0.2, -0.15) is 0 Å². The molecule has 0 bridgehead atoms. The maximum absolute atomic E-state index is 15.8. The third kappa shape index (κ3) is 2.51. The summed E-state index contributed by atoms with van der Waals surface area (Å²) in [6, 6.07) is 31.9. The highest BCUT2D eigenvalue weighted by Crippen LogP contribution is 2.48. The molecule has 7 aromatic rings. The minimum absolute atomic E-state index is 0.0118. The van der Waals surface area contributed by atoms with E-state index in [1.165, 1.54) is 27.1 Å². The first-order chi connectivity index (χ1) is 20.5. The number of nitrogens with zero attached hydrogens (tertiary/aromatic N) is 4. The number of rotatable bonds is 1. The summed E-state index contributed by atoms with van der Waals surface area (Å²) in [5.74, 6) is 0.742. The van der Waals surface area contributed by atoms with Gasteiger partial charge in [0.2, 0.25) is 0 Å². The van der Waals surface area contributed by atoms with Gasteiger partial charge in [-0.3, -0.25) is 13.9 Å². The second kappa shape index (κ2) is 7.34. The molecule has 0 saturated heterocycles. The zero-order valence-corrected chi connectivity index (χ0v) is 23.2. The summed E-state index contributed by atoms with van der Waals surface area (Å²) in [5, 5.41) is 3.60. The molecule has 0 fully saturated rings. The Morgan fingerprint density at radius 3 is 2.38 bits per heavy atom. The van der Waals surface area contributed by atoms with E-state index in [1.54, 1.807) is 12.1 Å². The summed E-state index contributed by atoms with van der Waals surface area (Å²) in [7, 11) is 2.08. The van der Waals surface area contributed by atoms with E-state index < -0.39 is 0 Å². The van der Waals surface area contributed by atoms with Crippen molar-refractivity contribution in [2.45, 2.75) is 6.92 Å². The lowest BCUT2D eigenvalue weighted by Gasteiger charge is -2.37. The van der Waals surface area contributed by atoms with Gasteiger partial charge in [-0.15, -0.1) is 0 Å². The fraction of sp³-hybridized carbons (Fsp3) is 0.0556. The van der Waals surface area contributed by atoms with E-state index in [2.05, 4.69) is 117 Å². The van der Waals surface area contributed by atoms with E-state index in [1.807, 2.05) is 6.92 Å². The minimum atomic E-state index is -0.242. The summed E-state index contributed by atoms with van der Waals surface area (Å²) in [6.07, 6.45) is 2.09. The van der Waals surface area contributed by atoms with Crippen LogP contribution in [0.2, 0.25) is 0 Å². The van der Waals surface area contributed by atoms with Crippen molar-refractivity contribution in [3.05, 3.63) is 121 Å². The molecule has 0 saturated carbocycles. The molecule has 0 radical (unpaired) electrons. The molecule has 6 heteroatoms. The van der Waals surface area contributed by atoms with E-state index in [0.29, 0.717) is 0 Å². The Balaban J connectivity index is 1.39. The lowest BCUT2D eigenvalue weighted by atomic mass is 9.34. The second-order valence-electron chi connectivity index (χ2n) is 11.9. The number of allylic oxidation sites excluding steroid dienone is 2. The topological polar surface area (TPSA) is 15.8 Å². The predicted octanol–water partition coefficient (Wildman–Crippen LogP) is 6.48. The quantitative estimate of drug-likeness (QED) is 0.221. The minimum Gasteiger partial charge on any atom is -0.329 e. The van der Waals surface area contributed by atoms with E-state index in [0.717, 1.165) is 61.8 Å². The first-order valence-corrected chi connectivity index (χ1v) is 14.3. The van der Waals surface area contributed by atoms with Gasteiger partial charge in [0.1, 0.15) is 17.3 Å².